The second-order valence-electron chi connectivity index (χ2n) is 5.61. The molecule has 0 spiro atoms. The third-order valence-electron chi connectivity index (χ3n) is 3.35. The van der Waals surface area contributed by atoms with Crippen molar-refractivity contribution in [2.75, 3.05) is 18.4 Å². The van der Waals surface area contributed by atoms with E-state index in [-0.39, 0.29) is 29.9 Å². The number of anilines is 1. The Labute approximate surface area is 175 Å². The maximum Gasteiger partial charge on any atom is 0.221 e. The summed E-state index contributed by atoms with van der Waals surface area (Å²) in [4.78, 5) is 20.2. The van der Waals surface area contributed by atoms with Gasteiger partial charge in [0.15, 0.2) is 5.96 Å². The van der Waals surface area contributed by atoms with Crippen LogP contribution in [0.25, 0.3) is 0 Å². The number of nitrogens with zero attached hydrogens (tertiary/aromatic N) is 2. The third kappa shape index (κ3) is 8.13. The number of aliphatic imine (C=N–C) groups is 1. The first-order chi connectivity index (χ1) is 12.1. The van der Waals surface area contributed by atoms with Crippen LogP contribution in [0.5, 0.6) is 0 Å². The van der Waals surface area contributed by atoms with Crippen molar-refractivity contribution in [1.82, 2.24) is 15.6 Å². The average Bonchev–Trinajstić information content (AvgIpc) is 2.98. The SMILES string of the molecule is CCNC(=NCc1cccc(NC(C)=O)c1)NCCc1csc(C)n1.I. The summed E-state index contributed by atoms with van der Waals surface area (Å²) in [6, 6.07) is 7.72. The van der Waals surface area contributed by atoms with Gasteiger partial charge in [-0.3, -0.25) is 4.79 Å². The molecule has 2 rings (SSSR count). The highest BCUT2D eigenvalue weighted by molar-refractivity contribution is 14.0. The third-order valence-corrected chi connectivity index (χ3v) is 4.17. The molecule has 2 aromatic rings. The predicted octanol–water partition coefficient (Wildman–Crippen LogP) is 3.33. The van der Waals surface area contributed by atoms with Gasteiger partial charge < -0.3 is 16.0 Å². The molecular weight excluding hydrogens is 461 g/mol. The Kier molecular flexibility index (Phi) is 10.2. The number of thiazole rings is 1. The van der Waals surface area contributed by atoms with Gasteiger partial charge in [0.1, 0.15) is 0 Å². The van der Waals surface area contributed by atoms with Crippen molar-refractivity contribution in [3.05, 3.63) is 45.9 Å². The van der Waals surface area contributed by atoms with Crippen LogP contribution in [-0.4, -0.2) is 29.9 Å². The molecule has 0 unspecified atom stereocenters. The molecule has 0 aliphatic rings. The monoisotopic (exact) mass is 487 g/mol. The molecule has 1 amide bonds. The van der Waals surface area contributed by atoms with Crippen molar-refractivity contribution in [3.8, 4) is 0 Å². The summed E-state index contributed by atoms with van der Waals surface area (Å²) in [5, 5.41) is 12.5. The van der Waals surface area contributed by atoms with Crippen LogP contribution in [0.1, 0.15) is 30.1 Å². The van der Waals surface area contributed by atoms with E-state index in [4.69, 9.17) is 0 Å². The van der Waals surface area contributed by atoms with Gasteiger partial charge in [0, 0.05) is 37.5 Å². The number of nitrogens with one attached hydrogen (secondary N) is 3. The molecule has 142 valence electrons. The minimum Gasteiger partial charge on any atom is -0.357 e. The predicted molar refractivity (Wildman–Crippen MR) is 120 cm³/mol. The van der Waals surface area contributed by atoms with E-state index in [9.17, 15) is 4.79 Å². The van der Waals surface area contributed by atoms with Gasteiger partial charge in [-0.2, -0.15) is 0 Å². The summed E-state index contributed by atoms with van der Waals surface area (Å²) in [5.74, 6) is 0.701. The number of carbonyl (C=O) groups is 1. The second-order valence-corrected chi connectivity index (χ2v) is 6.67. The van der Waals surface area contributed by atoms with Crippen molar-refractivity contribution in [1.29, 1.82) is 0 Å². The number of aryl methyl sites for hydroxylation is 1. The number of hydrogen-bond donors (Lipinski definition) is 3. The fraction of sp³-hybridized carbons (Fsp3) is 0.389. The molecule has 1 heterocycles. The highest BCUT2D eigenvalue weighted by Gasteiger charge is 2.02. The van der Waals surface area contributed by atoms with Gasteiger partial charge in [-0.05, 0) is 31.5 Å². The Morgan fingerprint density at radius 3 is 2.77 bits per heavy atom. The van der Waals surface area contributed by atoms with E-state index in [1.807, 2.05) is 38.1 Å². The van der Waals surface area contributed by atoms with Crippen molar-refractivity contribution >= 4 is 52.9 Å². The zero-order chi connectivity index (χ0) is 18.1. The van der Waals surface area contributed by atoms with Crippen molar-refractivity contribution in [2.45, 2.75) is 33.7 Å². The molecule has 1 aromatic carbocycles. The van der Waals surface area contributed by atoms with Crippen molar-refractivity contribution in [2.24, 2.45) is 4.99 Å². The summed E-state index contributed by atoms with van der Waals surface area (Å²) >= 11 is 1.67. The van der Waals surface area contributed by atoms with Gasteiger partial charge in [0.25, 0.3) is 0 Å². The number of aromatic nitrogens is 1. The van der Waals surface area contributed by atoms with E-state index in [0.29, 0.717) is 6.54 Å². The highest BCUT2D eigenvalue weighted by atomic mass is 127. The van der Waals surface area contributed by atoms with E-state index < -0.39 is 0 Å². The van der Waals surface area contributed by atoms with Crippen LogP contribution in [0.2, 0.25) is 0 Å². The largest absolute Gasteiger partial charge is 0.357 e. The lowest BCUT2D eigenvalue weighted by Gasteiger charge is -2.11. The number of halogens is 1. The maximum absolute atomic E-state index is 11.1. The smallest absolute Gasteiger partial charge is 0.221 e. The van der Waals surface area contributed by atoms with Gasteiger partial charge in [-0.15, -0.1) is 35.3 Å². The highest BCUT2D eigenvalue weighted by Crippen LogP contribution is 2.11. The standard InChI is InChI=1S/C18H25N5OS.HI/c1-4-19-18(20-9-8-17-12-25-14(3)23-17)21-11-15-6-5-7-16(10-15)22-13(2)24;/h5-7,10,12H,4,8-9,11H2,1-3H3,(H,22,24)(H2,19,20,21);1H. The topological polar surface area (TPSA) is 78.4 Å². The summed E-state index contributed by atoms with van der Waals surface area (Å²) in [5.41, 5.74) is 2.93. The Hall–Kier alpha value is -1.68. The number of hydrogen-bond acceptors (Lipinski definition) is 4. The van der Waals surface area contributed by atoms with Crippen LogP contribution in [0, 0.1) is 6.92 Å². The van der Waals surface area contributed by atoms with Gasteiger partial charge in [-0.1, -0.05) is 12.1 Å². The molecule has 0 bridgehead atoms. The molecule has 0 saturated carbocycles. The molecule has 6 nitrogen and oxygen atoms in total. The van der Waals surface area contributed by atoms with Crippen LogP contribution in [0.15, 0.2) is 34.6 Å². The van der Waals surface area contributed by atoms with E-state index >= 15 is 0 Å². The fourth-order valence-corrected chi connectivity index (χ4v) is 2.94. The van der Waals surface area contributed by atoms with E-state index in [0.717, 1.165) is 47.4 Å². The summed E-state index contributed by atoms with van der Waals surface area (Å²) in [6.45, 7) is 7.68. The first-order valence-electron chi connectivity index (χ1n) is 8.36. The first-order valence-corrected chi connectivity index (χ1v) is 9.24. The van der Waals surface area contributed by atoms with Crippen LogP contribution in [-0.2, 0) is 17.8 Å². The zero-order valence-electron chi connectivity index (χ0n) is 15.3. The second kappa shape index (κ2) is 11.8. The molecule has 0 aliphatic carbocycles. The molecule has 1 aromatic heterocycles. The lowest BCUT2D eigenvalue weighted by molar-refractivity contribution is -0.114. The zero-order valence-corrected chi connectivity index (χ0v) is 18.5. The first kappa shape index (κ1) is 22.4. The maximum atomic E-state index is 11.1. The van der Waals surface area contributed by atoms with Crippen LogP contribution in [0.3, 0.4) is 0 Å². The molecule has 8 heteroatoms. The van der Waals surface area contributed by atoms with Crippen LogP contribution < -0.4 is 16.0 Å². The fourth-order valence-electron chi connectivity index (χ4n) is 2.29. The number of guanidine groups is 1. The molecule has 0 radical (unpaired) electrons. The van der Waals surface area contributed by atoms with Crippen LogP contribution >= 0.6 is 35.3 Å². The number of carbonyl (C=O) groups excluding carboxylic acids is 1. The Bertz CT molecular complexity index is 732. The molecule has 3 N–H and O–H groups in total. The number of amides is 1. The quantitative estimate of drug-likeness (QED) is 0.318. The minimum atomic E-state index is -0.0760. The molecular formula is C18H26IN5OS. The lowest BCUT2D eigenvalue weighted by Crippen LogP contribution is -2.38. The summed E-state index contributed by atoms with van der Waals surface area (Å²) < 4.78 is 0. The summed E-state index contributed by atoms with van der Waals surface area (Å²) in [7, 11) is 0. The Morgan fingerprint density at radius 2 is 2.12 bits per heavy atom. The van der Waals surface area contributed by atoms with Crippen molar-refractivity contribution in [3.63, 3.8) is 0 Å². The van der Waals surface area contributed by atoms with Gasteiger partial charge >= 0.3 is 0 Å². The minimum absolute atomic E-state index is 0. The van der Waals surface area contributed by atoms with Gasteiger partial charge in [-0.25, -0.2) is 9.98 Å². The molecule has 0 aliphatic heterocycles. The average molecular weight is 487 g/mol. The number of benzene rings is 1. The Balaban J connectivity index is 0.00000338. The lowest BCUT2D eigenvalue weighted by atomic mass is 10.2. The number of rotatable bonds is 7. The van der Waals surface area contributed by atoms with Gasteiger partial charge in [0.05, 0.1) is 17.2 Å². The Morgan fingerprint density at radius 1 is 1.31 bits per heavy atom. The van der Waals surface area contributed by atoms with E-state index in [1.54, 1.807) is 11.3 Å². The van der Waals surface area contributed by atoms with Crippen molar-refractivity contribution < 1.29 is 4.79 Å². The van der Waals surface area contributed by atoms with Crippen LogP contribution in [0.4, 0.5) is 5.69 Å². The molecule has 26 heavy (non-hydrogen) atoms. The molecule has 0 atom stereocenters. The summed E-state index contributed by atoms with van der Waals surface area (Å²) in [6.07, 6.45) is 0.868. The molecule has 0 fully saturated rings. The van der Waals surface area contributed by atoms with E-state index in [1.165, 1.54) is 6.92 Å². The van der Waals surface area contributed by atoms with E-state index in [2.05, 4.69) is 31.3 Å². The van der Waals surface area contributed by atoms with Gasteiger partial charge in [0.2, 0.25) is 5.91 Å². The normalized spacial score (nSPS) is 10.8. The molecule has 0 saturated heterocycles.